The number of aromatic nitrogens is 9. The molecule has 11 aromatic carbocycles. The number of benzene rings is 11. The van der Waals surface area contributed by atoms with Crippen LogP contribution in [0.4, 0.5) is 11.4 Å². The Balaban J connectivity index is 0.000000124. The van der Waals surface area contributed by atoms with Crippen LogP contribution in [0.5, 0.6) is 5.75 Å². The van der Waals surface area contributed by atoms with Gasteiger partial charge in [-0.25, -0.2) is 19.9 Å². The molecular weight excluding hydrogens is 1740 g/mol. The first-order valence-corrected chi connectivity index (χ1v) is 50.5. The van der Waals surface area contributed by atoms with Crippen LogP contribution in [-0.4, -0.2) is 151 Å². The predicted octanol–water partition coefficient (Wildman–Crippen LogP) is 23.9. The monoisotopic (exact) mass is 1850 g/mol. The van der Waals surface area contributed by atoms with Gasteiger partial charge in [-0.1, -0.05) is 185 Å². The molecule has 6 fully saturated rings. The van der Waals surface area contributed by atoms with E-state index in [4.69, 9.17) is 29.7 Å². The Morgan fingerprint density at radius 2 is 0.750 bits per heavy atom. The van der Waals surface area contributed by atoms with E-state index in [-0.39, 0.29) is 71.5 Å². The van der Waals surface area contributed by atoms with Crippen LogP contribution >= 0.6 is 0 Å². The number of aliphatic imine (C=N–C) groups is 2. The van der Waals surface area contributed by atoms with E-state index in [0.29, 0.717) is 18.7 Å². The van der Waals surface area contributed by atoms with E-state index in [2.05, 4.69) is 220 Å². The molecule has 22 nitrogen and oxygen atoms in total. The number of H-pyrrole nitrogens is 4. The van der Waals surface area contributed by atoms with Crippen molar-refractivity contribution < 1.29 is 23.9 Å². The summed E-state index contributed by atoms with van der Waals surface area (Å²) in [6, 6.07) is 85.5. The predicted molar refractivity (Wildman–Crippen MR) is 557 cm³/mol. The summed E-state index contributed by atoms with van der Waals surface area (Å²) in [7, 11) is 0. The van der Waals surface area contributed by atoms with Crippen molar-refractivity contribution in [1.29, 1.82) is 0 Å². The fraction of sp³-hybridized carbons (Fsp3) is 0.314. The van der Waals surface area contributed by atoms with Gasteiger partial charge in [-0.05, 0) is 278 Å². The normalized spacial score (nSPS) is 19.3. The smallest absolute Gasteiger partial charge is 0.230 e. The van der Waals surface area contributed by atoms with Crippen molar-refractivity contribution in [3.05, 3.63) is 312 Å². The maximum Gasteiger partial charge on any atom is 0.230 e. The summed E-state index contributed by atoms with van der Waals surface area (Å²) < 4.78 is 6.02. The molecule has 6 N–H and O–H groups in total. The van der Waals surface area contributed by atoms with Crippen LogP contribution in [-0.2, 0) is 38.6 Å². The lowest BCUT2D eigenvalue weighted by Crippen LogP contribution is -2.42. The molecule has 140 heavy (non-hydrogen) atoms. The van der Waals surface area contributed by atoms with Crippen molar-refractivity contribution >= 4 is 90.2 Å². The van der Waals surface area contributed by atoms with Crippen molar-refractivity contribution in [2.45, 2.75) is 186 Å². The third kappa shape index (κ3) is 18.7. The molecule has 0 spiro atoms. The quantitative estimate of drug-likeness (QED) is 0.0392. The van der Waals surface area contributed by atoms with Crippen LogP contribution in [0.3, 0.4) is 0 Å². The van der Waals surface area contributed by atoms with Crippen molar-refractivity contribution in [1.82, 2.24) is 75.1 Å². The summed E-state index contributed by atoms with van der Waals surface area (Å²) in [5, 5.41) is 10.4. The minimum absolute atomic E-state index is 0.00163. The third-order valence-corrected chi connectivity index (χ3v) is 30.0. The molecule has 0 aliphatic carbocycles. The number of ether oxygens (including phenoxy) is 1. The van der Waals surface area contributed by atoms with Gasteiger partial charge in [-0.15, -0.1) is 0 Å². The van der Waals surface area contributed by atoms with E-state index in [9.17, 15) is 19.2 Å². The zero-order valence-corrected chi connectivity index (χ0v) is 80.4. The highest BCUT2D eigenvalue weighted by Crippen LogP contribution is 2.44. The Kier molecular flexibility index (Phi) is 25.4. The highest BCUT2D eigenvalue weighted by Gasteiger charge is 2.41. The summed E-state index contributed by atoms with van der Waals surface area (Å²) in [4.78, 5) is 109. The van der Waals surface area contributed by atoms with Gasteiger partial charge >= 0.3 is 0 Å². The van der Waals surface area contributed by atoms with Gasteiger partial charge in [0.2, 0.25) is 23.6 Å². The number of nitrogens with zero attached hydrogens (tertiary/aromatic N) is 11. The van der Waals surface area contributed by atoms with E-state index in [1.54, 1.807) is 0 Å². The van der Waals surface area contributed by atoms with Gasteiger partial charge in [0.05, 0.1) is 111 Å². The number of hydrogen-bond acceptors (Lipinski definition) is 14. The number of aromatic amines is 4. The fourth-order valence-corrected chi connectivity index (χ4v) is 22.1. The minimum atomic E-state index is -0.172. The van der Waals surface area contributed by atoms with Gasteiger partial charge < -0.3 is 54.9 Å². The van der Waals surface area contributed by atoms with E-state index in [1.165, 1.54) is 34.7 Å². The van der Waals surface area contributed by atoms with Crippen LogP contribution in [0.2, 0.25) is 0 Å². The van der Waals surface area contributed by atoms with E-state index < -0.39 is 0 Å². The van der Waals surface area contributed by atoms with Crippen molar-refractivity contribution in [3.63, 3.8) is 0 Å². The summed E-state index contributed by atoms with van der Waals surface area (Å²) in [5.74, 6) is 5.04. The lowest BCUT2D eigenvalue weighted by molar-refractivity contribution is -0.136. The summed E-state index contributed by atoms with van der Waals surface area (Å²) in [6.45, 7) is 17.7. The molecule has 8 aliphatic heterocycles. The van der Waals surface area contributed by atoms with Gasteiger partial charge in [-0.3, -0.25) is 34.1 Å². The second-order valence-electron chi connectivity index (χ2n) is 39.9. The Hall–Kier alpha value is -14.6. The average molecular weight is 1860 g/mol. The molecule has 0 radical (unpaired) electrons. The maximum atomic E-state index is 13.6. The number of nitrogens with one attached hydrogen (secondary N) is 6. The topological polar surface area (TPSA) is 267 Å². The number of imidazole rings is 4. The molecule has 13 heterocycles. The lowest BCUT2D eigenvalue weighted by Gasteiger charge is -2.28. The average Bonchev–Trinajstić information content (AvgIpc) is 1.43. The number of likely N-dealkylation sites (tertiary alicyclic amines) is 4. The van der Waals surface area contributed by atoms with Crippen LogP contribution in [0.25, 0.3) is 111 Å². The third-order valence-electron chi connectivity index (χ3n) is 30.0. The van der Waals surface area contributed by atoms with Crippen LogP contribution in [0.15, 0.2) is 271 Å². The molecule has 6 saturated heterocycles. The van der Waals surface area contributed by atoms with Crippen LogP contribution < -0.4 is 15.4 Å². The highest BCUT2D eigenvalue weighted by molar-refractivity contribution is 6.03. The van der Waals surface area contributed by atoms with E-state index in [0.717, 1.165) is 285 Å². The maximum absolute atomic E-state index is 13.6. The van der Waals surface area contributed by atoms with Crippen molar-refractivity contribution in [2.75, 3.05) is 39.3 Å². The molecule has 8 aliphatic rings. The molecule has 0 unspecified atom stereocenters. The van der Waals surface area contributed by atoms with Crippen LogP contribution in [0, 0.1) is 11.8 Å². The standard InChI is InChI=1S/C46H45N5O2.C45H44N6O2.C27H30N6O/c1-28(2)45(52)51-22-8-12-43(51)44-48-38-20-19-36(26-40(38)49-44)34-16-14-31-23-33(15-13-32(31)24-34)35-17-18-37-27-41(47-39(37)25-35)42-11-7-21-50(42)46(53)29(3)30-9-5-4-6-10-30;1-27(2)44(52)51-20-8-12-42(51)43-48-36-18-17-31(24-39(36)49-43)30-13-15-33-21-35(26-46-37(33)22-30)32-14-16-34-25-40(47-38(34)23-32)41-11-7-19-50(41)45(53)28(3)29-9-5-4-6-10-29;1-3-22(28-13-1)26-30-15-24(32-26)19-7-5-18(6-8-19)17-34-21-11-9-20(10-12-21)25-16-31-27(33-25)23-4-2-14-29-23/h4-6,9-10,13-20,23-26,28-29,42-43H,7-8,11-12,21-22,27H2,1-3H3,(H,48,49);4-6,9-10,13-18,21-24,26-28,41-42H,7-8,11-12,19-20,25H2,1-3H3,(H,48,49);5-12,15-16,22-23,28-29H,1-4,13-14,17H2,(H,30,32)(H,31,33)/t29-,42+,43+;28-,41+,42+;22-,23-/m110/s1. The van der Waals surface area contributed by atoms with Gasteiger partial charge in [0.1, 0.15) is 35.7 Å². The molecule has 4 amide bonds. The summed E-state index contributed by atoms with van der Waals surface area (Å²) in [6.07, 6.45) is 19.9. The SMILES string of the molecule is CC(C)C(=O)N1CCC[C@H]1c1nc2ccc(-c3ccc4cc(-c5ccc6c(c5)N=C([C@@H]5CCCN5C(=O)[C@H](C)c5ccccc5)C6)ccc4c3)cc2[nH]1.CC(C)C(=O)N1CCC[C@H]1c1nc2ccc(-c3ccc4cc(-c5ccc6c(c5)N=C([C@@H]5CCCN5C(=O)[C@H](C)c5ccccc5)C6)cnc4c3)cc2[nH]1.c1cc(-c2cnc([C@@H]3CCCN3)[nH]2)ccc1COc1ccc(-c2cnc([C@@H]3CCCN3)[nH]2)cc1. The number of pyridine rings is 1. The lowest BCUT2D eigenvalue weighted by atomic mass is 9.96. The van der Waals surface area contributed by atoms with Gasteiger partial charge in [0.15, 0.2) is 0 Å². The molecule has 22 heteroatoms. The molecule has 706 valence electrons. The van der Waals surface area contributed by atoms with E-state index >= 15 is 0 Å². The second-order valence-corrected chi connectivity index (χ2v) is 39.9. The summed E-state index contributed by atoms with van der Waals surface area (Å²) in [5.41, 5.74) is 27.9. The zero-order valence-electron chi connectivity index (χ0n) is 80.4. The first kappa shape index (κ1) is 90.5. The van der Waals surface area contributed by atoms with Crippen LogP contribution in [0.1, 0.15) is 206 Å². The molecule has 16 aromatic rings. The first-order valence-electron chi connectivity index (χ1n) is 50.5. The first-order chi connectivity index (χ1) is 68.4. The number of hydrogen-bond donors (Lipinski definition) is 6. The Bertz CT molecular complexity index is 6950. The number of carbonyl (C=O) groups excluding carboxylic acids is 4. The highest BCUT2D eigenvalue weighted by atomic mass is 16.5. The zero-order chi connectivity index (χ0) is 95.2. The van der Waals surface area contributed by atoms with Gasteiger partial charge in [0.25, 0.3) is 0 Å². The number of amides is 4. The molecule has 0 bridgehead atoms. The summed E-state index contributed by atoms with van der Waals surface area (Å²) >= 11 is 0. The number of fused-ring (bicyclic) bond motifs is 6. The molecule has 0 saturated carbocycles. The molecular formula is C118H119N17O5. The molecule has 5 aromatic heterocycles. The minimum Gasteiger partial charge on any atom is -0.489 e. The largest absolute Gasteiger partial charge is 0.489 e. The Labute approximate surface area is 816 Å². The Morgan fingerprint density at radius 1 is 0.350 bits per heavy atom. The fourth-order valence-electron chi connectivity index (χ4n) is 22.1. The number of rotatable bonds is 21. The van der Waals surface area contributed by atoms with E-state index in [1.807, 2.05) is 143 Å². The van der Waals surface area contributed by atoms with Crippen molar-refractivity contribution in [3.8, 4) is 72.8 Å². The number of carbonyl (C=O) groups is 4. The molecule has 24 rings (SSSR count). The molecule has 8 atom stereocenters. The van der Waals surface area contributed by atoms with Gasteiger partial charge in [0, 0.05) is 79.4 Å². The van der Waals surface area contributed by atoms with Gasteiger partial charge in [-0.2, -0.15) is 0 Å². The van der Waals surface area contributed by atoms with Crippen molar-refractivity contribution in [2.24, 2.45) is 21.8 Å². The second kappa shape index (κ2) is 39.3. The Morgan fingerprint density at radius 3 is 1.21 bits per heavy atom.